The molecule has 1 aromatic carbocycles. The molecule has 2 rings (SSSR count). The minimum atomic E-state index is -4.41. The number of benzene rings is 1. The highest BCUT2D eigenvalue weighted by atomic mass is 19.4. The molecular formula is C14H13F3N2O. The maximum Gasteiger partial charge on any atom is 0.416 e. The molecule has 0 unspecified atom stereocenters. The van der Waals surface area contributed by atoms with E-state index < -0.39 is 11.7 Å². The summed E-state index contributed by atoms with van der Waals surface area (Å²) in [5.74, 6) is 0.337. The fourth-order valence-corrected chi connectivity index (χ4v) is 1.65. The molecule has 0 spiro atoms. The first-order chi connectivity index (χ1) is 9.49. The van der Waals surface area contributed by atoms with Gasteiger partial charge in [0.15, 0.2) is 0 Å². The molecule has 106 valence electrons. The zero-order chi connectivity index (χ0) is 14.6. The number of hydrogen-bond acceptors (Lipinski definition) is 3. The van der Waals surface area contributed by atoms with Crippen LogP contribution in [0.5, 0.6) is 11.6 Å². The van der Waals surface area contributed by atoms with Crippen molar-refractivity contribution in [3.63, 3.8) is 0 Å². The van der Waals surface area contributed by atoms with Crippen LogP contribution in [0.25, 0.3) is 0 Å². The average molecular weight is 282 g/mol. The Hall–Kier alpha value is -2.08. The second kappa shape index (κ2) is 5.92. The maximum absolute atomic E-state index is 12.5. The highest BCUT2D eigenvalue weighted by molar-refractivity contribution is 5.32. The van der Waals surface area contributed by atoms with E-state index in [1.807, 2.05) is 12.1 Å². The van der Waals surface area contributed by atoms with Gasteiger partial charge in [-0.1, -0.05) is 12.1 Å². The molecule has 0 amide bonds. The van der Waals surface area contributed by atoms with Crippen molar-refractivity contribution < 1.29 is 17.9 Å². The van der Waals surface area contributed by atoms with Crippen molar-refractivity contribution in [1.29, 1.82) is 0 Å². The topological polar surface area (TPSA) is 48.1 Å². The fourth-order valence-electron chi connectivity index (χ4n) is 1.65. The lowest BCUT2D eigenvalue weighted by Gasteiger charge is -2.09. The van der Waals surface area contributed by atoms with E-state index >= 15 is 0 Å². The summed E-state index contributed by atoms with van der Waals surface area (Å²) in [5, 5.41) is 0. The number of nitrogens with two attached hydrogens (primary N) is 1. The Bertz CT molecular complexity index is 567. The van der Waals surface area contributed by atoms with Gasteiger partial charge in [0.05, 0.1) is 5.56 Å². The van der Waals surface area contributed by atoms with Gasteiger partial charge < -0.3 is 10.5 Å². The first-order valence-electron chi connectivity index (χ1n) is 5.99. The van der Waals surface area contributed by atoms with Gasteiger partial charge in [-0.15, -0.1) is 0 Å². The van der Waals surface area contributed by atoms with Crippen LogP contribution < -0.4 is 10.5 Å². The van der Waals surface area contributed by atoms with Crippen molar-refractivity contribution >= 4 is 0 Å². The molecule has 0 aliphatic carbocycles. The van der Waals surface area contributed by atoms with Crippen LogP contribution in [0.15, 0.2) is 42.6 Å². The van der Waals surface area contributed by atoms with Crippen molar-refractivity contribution in [1.82, 2.24) is 4.98 Å². The highest BCUT2D eigenvalue weighted by Crippen LogP contribution is 2.31. The summed E-state index contributed by atoms with van der Waals surface area (Å²) in [6.07, 6.45) is -2.60. The van der Waals surface area contributed by atoms with Gasteiger partial charge >= 0.3 is 6.18 Å². The van der Waals surface area contributed by atoms with Crippen molar-refractivity contribution in [3.05, 3.63) is 53.7 Å². The molecule has 1 heterocycles. The number of ether oxygens (including phenoxy) is 1. The van der Waals surface area contributed by atoms with Gasteiger partial charge in [-0.2, -0.15) is 13.2 Å². The number of halogens is 3. The summed E-state index contributed by atoms with van der Waals surface area (Å²) in [7, 11) is 0. The Morgan fingerprint density at radius 2 is 1.80 bits per heavy atom. The molecular weight excluding hydrogens is 269 g/mol. The zero-order valence-corrected chi connectivity index (χ0v) is 10.5. The van der Waals surface area contributed by atoms with E-state index in [0.29, 0.717) is 12.3 Å². The van der Waals surface area contributed by atoms with E-state index in [4.69, 9.17) is 10.5 Å². The Morgan fingerprint density at radius 1 is 1.10 bits per heavy atom. The molecule has 0 aliphatic heterocycles. The highest BCUT2D eigenvalue weighted by Gasteiger charge is 2.30. The monoisotopic (exact) mass is 282 g/mol. The van der Waals surface area contributed by atoms with Crippen LogP contribution >= 0.6 is 0 Å². The van der Waals surface area contributed by atoms with E-state index in [0.717, 1.165) is 30.3 Å². The van der Waals surface area contributed by atoms with Crippen molar-refractivity contribution in [2.45, 2.75) is 12.6 Å². The molecule has 0 bridgehead atoms. The van der Waals surface area contributed by atoms with E-state index in [9.17, 15) is 13.2 Å². The second-order valence-corrected chi connectivity index (χ2v) is 4.17. The molecule has 20 heavy (non-hydrogen) atoms. The van der Waals surface area contributed by atoms with E-state index in [2.05, 4.69) is 4.98 Å². The summed E-state index contributed by atoms with van der Waals surface area (Å²) in [5.41, 5.74) is 5.68. The fraction of sp³-hybridized carbons (Fsp3) is 0.214. The summed E-state index contributed by atoms with van der Waals surface area (Å²) >= 11 is 0. The summed E-state index contributed by atoms with van der Waals surface area (Å²) in [6.45, 7) is 0.537. The minimum absolute atomic E-state index is 0.0913. The number of nitrogens with zero attached hydrogens (tertiary/aromatic N) is 1. The lowest BCUT2D eigenvalue weighted by atomic mass is 10.1. The van der Waals surface area contributed by atoms with Crippen LogP contribution in [0.3, 0.4) is 0 Å². The standard InChI is InChI=1S/C14H13F3N2O/c15-14(16,17)11-6-8-19-13(9-11)20-12-3-1-10(2-4-12)5-7-18/h1-4,6,8-9H,5,7,18H2. The number of alkyl halides is 3. The predicted molar refractivity (Wildman–Crippen MR) is 68.5 cm³/mol. The summed E-state index contributed by atoms with van der Waals surface area (Å²) < 4.78 is 43.0. The van der Waals surface area contributed by atoms with Crippen LogP contribution in [-0.2, 0) is 12.6 Å². The van der Waals surface area contributed by atoms with Gasteiger partial charge in [0.25, 0.3) is 0 Å². The Morgan fingerprint density at radius 3 is 2.40 bits per heavy atom. The summed E-state index contributed by atoms with van der Waals surface area (Å²) in [4.78, 5) is 3.76. The minimum Gasteiger partial charge on any atom is -0.439 e. The third-order valence-corrected chi connectivity index (χ3v) is 2.64. The first kappa shape index (κ1) is 14.3. The third-order valence-electron chi connectivity index (χ3n) is 2.64. The van der Waals surface area contributed by atoms with Crippen molar-refractivity contribution in [3.8, 4) is 11.6 Å². The Kier molecular flexibility index (Phi) is 4.24. The molecule has 1 aromatic heterocycles. The normalized spacial score (nSPS) is 11.4. The van der Waals surface area contributed by atoms with Crippen LogP contribution in [-0.4, -0.2) is 11.5 Å². The van der Waals surface area contributed by atoms with Crippen molar-refractivity contribution in [2.24, 2.45) is 5.73 Å². The first-order valence-corrected chi connectivity index (χ1v) is 5.99. The van der Waals surface area contributed by atoms with Gasteiger partial charge in [0.1, 0.15) is 5.75 Å². The third kappa shape index (κ3) is 3.71. The molecule has 2 N–H and O–H groups in total. The predicted octanol–water partition coefficient (Wildman–Crippen LogP) is 3.39. The number of pyridine rings is 1. The molecule has 0 saturated heterocycles. The molecule has 2 aromatic rings. The van der Waals surface area contributed by atoms with Gasteiger partial charge in [-0.05, 0) is 36.7 Å². The Labute approximate surface area is 114 Å². The van der Waals surface area contributed by atoms with E-state index in [-0.39, 0.29) is 5.88 Å². The van der Waals surface area contributed by atoms with Crippen molar-refractivity contribution in [2.75, 3.05) is 6.54 Å². The molecule has 0 atom stereocenters. The lowest BCUT2D eigenvalue weighted by molar-refractivity contribution is -0.137. The van der Waals surface area contributed by atoms with Gasteiger partial charge in [0.2, 0.25) is 5.88 Å². The number of aromatic nitrogens is 1. The van der Waals surface area contributed by atoms with Crippen LogP contribution in [0.4, 0.5) is 13.2 Å². The summed E-state index contributed by atoms with van der Waals surface area (Å²) in [6, 6.07) is 8.75. The average Bonchev–Trinajstić information content (AvgIpc) is 2.41. The second-order valence-electron chi connectivity index (χ2n) is 4.17. The van der Waals surface area contributed by atoms with E-state index in [1.165, 1.54) is 0 Å². The van der Waals surface area contributed by atoms with Crippen LogP contribution in [0.1, 0.15) is 11.1 Å². The number of hydrogen-bond donors (Lipinski definition) is 1. The molecule has 0 fully saturated rings. The molecule has 3 nitrogen and oxygen atoms in total. The molecule has 6 heteroatoms. The van der Waals surface area contributed by atoms with E-state index in [1.54, 1.807) is 12.1 Å². The molecule has 0 aliphatic rings. The SMILES string of the molecule is NCCc1ccc(Oc2cc(C(F)(F)F)ccn2)cc1. The quantitative estimate of drug-likeness (QED) is 0.935. The zero-order valence-electron chi connectivity index (χ0n) is 10.5. The van der Waals surface area contributed by atoms with Crippen LogP contribution in [0.2, 0.25) is 0 Å². The van der Waals surface area contributed by atoms with Gasteiger partial charge in [0, 0.05) is 12.3 Å². The largest absolute Gasteiger partial charge is 0.439 e. The smallest absolute Gasteiger partial charge is 0.416 e. The number of rotatable bonds is 4. The lowest BCUT2D eigenvalue weighted by Crippen LogP contribution is -2.05. The van der Waals surface area contributed by atoms with Crippen LogP contribution in [0, 0.1) is 0 Å². The van der Waals surface area contributed by atoms with Gasteiger partial charge in [-0.25, -0.2) is 4.98 Å². The Balaban J connectivity index is 2.13. The molecule has 0 saturated carbocycles. The van der Waals surface area contributed by atoms with Gasteiger partial charge in [-0.3, -0.25) is 0 Å². The molecule has 0 radical (unpaired) electrons. The maximum atomic E-state index is 12.5.